The molecule has 0 unspecified atom stereocenters. The predicted octanol–water partition coefficient (Wildman–Crippen LogP) is 5.84. The molecule has 19 heteroatoms. The van der Waals surface area contributed by atoms with Crippen LogP contribution in [0.2, 0.25) is 0 Å². The van der Waals surface area contributed by atoms with E-state index in [0.29, 0.717) is 42.5 Å². The Bertz CT molecular complexity index is 1540. The van der Waals surface area contributed by atoms with Gasteiger partial charge in [-0.25, -0.2) is 4.79 Å². The highest BCUT2D eigenvalue weighted by Gasteiger charge is 2.75. The van der Waals surface area contributed by atoms with Crippen LogP contribution in [-0.4, -0.2) is 39.0 Å². The number of ether oxygens (including phenoxy) is 1. The number of esters is 1. The number of nitro groups is 3. The molecule has 1 amide bonds. The van der Waals surface area contributed by atoms with Crippen LogP contribution in [-0.2, 0) is 10.3 Å². The average molecular weight is 602 g/mol. The van der Waals surface area contributed by atoms with Gasteiger partial charge in [0.15, 0.2) is 0 Å². The molecule has 0 atom stereocenters. The fourth-order valence-electron chi connectivity index (χ4n) is 3.54. The van der Waals surface area contributed by atoms with Gasteiger partial charge in [-0.3, -0.25) is 35.1 Å². The minimum Gasteiger partial charge on any atom is -0.431 e. The number of amides is 1. The molecule has 0 spiro atoms. The fourth-order valence-corrected chi connectivity index (χ4v) is 3.54. The first-order chi connectivity index (χ1) is 19.4. The molecule has 3 rings (SSSR count). The van der Waals surface area contributed by atoms with E-state index in [-0.39, 0.29) is 12.1 Å². The first-order valence-corrected chi connectivity index (χ1v) is 10.8. The molecule has 0 heterocycles. The SMILES string of the molecule is O=C(Nc1ccc(C(OC(=O)c2cccc([N+](=O)[O-])c2)(C(F)(F)F)C(F)(F)F)cc1)c1cc([N+](=O)[O-])cc([N+](=O)[O-])c1. The van der Waals surface area contributed by atoms with Crippen molar-refractivity contribution in [1.82, 2.24) is 0 Å². The Morgan fingerprint density at radius 1 is 0.667 bits per heavy atom. The quantitative estimate of drug-likeness (QED) is 0.143. The summed E-state index contributed by atoms with van der Waals surface area (Å²) in [5, 5.41) is 34.9. The number of anilines is 1. The fraction of sp³-hybridized carbons (Fsp3) is 0.130. The maximum Gasteiger partial charge on any atom is 0.442 e. The minimum atomic E-state index is -6.33. The normalized spacial score (nSPS) is 11.9. The third-order valence-electron chi connectivity index (χ3n) is 5.47. The van der Waals surface area contributed by atoms with Crippen LogP contribution in [0.1, 0.15) is 26.3 Å². The standard InChI is InChI=1S/C23H12F6N4O9/c24-22(25,26)21(23(27,28)29,42-20(35)12-2-1-3-16(8-12)31(36)37)14-4-6-15(7-5-14)30-19(34)13-9-17(32(38)39)11-18(10-13)33(40)41/h1-11H,(H,30,34). The van der Waals surface area contributed by atoms with Gasteiger partial charge in [0.2, 0.25) is 0 Å². The Balaban J connectivity index is 2.01. The summed E-state index contributed by atoms with van der Waals surface area (Å²) >= 11 is 0. The first kappa shape index (κ1) is 30.9. The molecule has 13 nitrogen and oxygen atoms in total. The Kier molecular flexibility index (Phi) is 8.17. The van der Waals surface area contributed by atoms with E-state index in [2.05, 4.69) is 4.74 Å². The Hall–Kier alpha value is -5.62. The van der Waals surface area contributed by atoms with Gasteiger partial charge in [0, 0.05) is 35.5 Å². The number of non-ortho nitro benzene ring substituents is 3. The second-order valence-corrected chi connectivity index (χ2v) is 8.16. The van der Waals surface area contributed by atoms with Crippen molar-refractivity contribution < 1.29 is 55.4 Å². The van der Waals surface area contributed by atoms with Crippen LogP contribution in [0.3, 0.4) is 0 Å². The number of nitro benzene ring substituents is 3. The molecule has 0 fully saturated rings. The molecule has 42 heavy (non-hydrogen) atoms. The van der Waals surface area contributed by atoms with Gasteiger partial charge in [0.1, 0.15) is 0 Å². The zero-order valence-corrected chi connectivity index (χ0v) is 20.1. The second-order valence-electron chi connectivity index (χ2n) is 8.16. The van der Waals surface area contributed by atoms with E-state index in [1.54, 1.807) is 0 Å². The van der Waals surface area contributed by atoms with Crippen LogP contribution in [0.5, 0.6) is 0 Å². The number of nitrogens with one attached hydrogen (secondary N) is 1. The van der Waals surface area contributed by atoms with Crippen molar-refractivity contribution in [2.24, 2.45) is 0 Å². The average Bonchev–Trinajstić information content (AvgIpc) is 2.90. The van der Waals surface area contributed by atoms with Crippen LogP contribution in [0.25, 0.3) is 0 Å². The molecular weight excluding hydrogens is 590 g/mol. The number of benzene rings is 3. The molecule has 0 saturated heterocycles. The van der Waals surface area contributed by atoms with Crippen molar-refractivity contribution in [3.8, 4) is 0 Å². The molecule has 0 aromatic heterocycles. The lowest BCUT2D eigenvalue weighted by molar-refractivity contribution is -0.394. The van der Waals surface area contributed by atoms with Crippen LogP contribution in [0.4, 0.5) is 49.1 Å². The van der Waals surface area contributed by atoms with Gasteiger partial charge in [0.25, 0.3) is 23.0 Å². The number of carbonyl (C=O) groups excluding carboxylic acids is 2. The summed E-state index contributed by atoms with van der Waals surface area (Å²) in [6.45, 7) is 0. The van der Waals surface area contributed by atoms with E-state index in [0.717, 1.165) is 12.1 Å². The van der Waals surface area contributed by atoms with Crippen molar-refractivity contribution in [3.63, 3.8) is 0 Å². The first-order valence-electron chi connectivity index (χ1n) is 10.8. The van der Waals surface area contributed by atoms with Gasteiger partial charge < -0.3 is 10.1 Å². The van der Waals surface area contributed by atoms with Gasteiger partial charge >= 0.3 is 23.9 Å². The summed E-state index contributed by atoms with van der Waals surface area (Å²) in [6, 6.07) is 6.14. The molecule has 0 aliphatic rings. The molecule has 3 aromatic rings. The number of carbonyl (C=O) groups is 2. The zero-order chi connectivity index (χ0) is 31.6. The lowest BCUT2D eigenvalue weighted by Gasteiger charge is -2.36. The van der Waals surface area contributed by atoms with Crippen molar-refractivity contribution in [3.05, 3.63) is 114 Å². The monoisotopic (exact) mass is 602 g/mol. The Morgan fingerprint density at radius 3 is 1.60 bits per heavy atom. The van der Waals surface area contributed by atoms with Crippen LogP contribution in [0.15, 0.2) is 66.7 Å². The van der Waals surface area contributed by atoms with Gasteiger partial charge in [-0.05, 0) is 18.2 Å². The van der Waals surface area contributed by atoms with E-state index in [4.69, 9.17) is 0 Å². The van der Waals surface area contributed by atoms with Gasteiger partial charge in [-0.2, -0.15) is 26.3 Å². The smallest absolute Gasteiger partial charge is 0.431 e. The number of rotatable bonds is 8. The summed E-state index contributed by atoms with van der Waals surface area (Å²) in [5.74, 6) is -3.44. The molecule has 220 valence electrons. The third-order valence-corrected chi connectivity index (χ3v) is 5.47. The van der Waals surface area contributed by atoms with E-state index in [9.17, 15) is 66.3 Å². The summed E-state index contributed by atoms with van der Waals surface area (Å²) in [4.78, 5) is 54.7. The van der Waals surface area contributed by atoms with E-state index < -0.39 is 84.0 Å². The van der Waals surface area contributed by atoms with Gasteiger partial charge in [-0.1, -0.05) is 18.2 Å². The minimum absolute atomic E-state index is 0.215. The molecule has 3 aromatic carbocycles. The molecular formula is C23H12F6N4O9. The number of hydrogen-bond acceptors (Lipinski definition) is 9. The number of alkyl halides is 6. The lowest BCUT2D eigenvalue weighted by atomic mass is 9.91. The van der Waals surface area contributed by atoms with Crippen LogP contribution < -0.4 is 5.32 Å². The van der Waals surface area contributed by atoms with Gasteiger partial charge in [-0.15, -0.1) is 0 Å². The van der Waals surface area contributed by atoms with E-state index in [1.165, 1.54) is 0 Å². The Morgan fingerprint density at radius 2 is 1.14 bits per heavy atom. The lowest BCUT2D eigenvalue weighted by Crippen LogP contribution is -2.56. The predicted molar refractivity (Wildman–Crippen MR) is 126 cm³/mol. The van der Waals surface area contributed by atoms with Crippen molar-refractivity contribution >= 4 is 34.6 Å². The molecule has 0 bridgehead atoms. The molecule has 1 N–H and O–H groups in total. The van der Waals surface area contributed by atoms with Crippen LogP contribution in [0, 0.1) is 30.3 Å². The number of nitrogens with zero attached hydrogens (tertiary/aromatic N) is 3. The zero-order valence-electron chi connectivity index (χ0n) is 20.1. The third kappa shape index (κ3) is 6.08. The van der Waals surface area contributed by atoms with Crippen molar-refractivity contribution in [2.45, 2.75) is 18.0 Å². The van der Waals surface area contributed by atoms with Crippen molar-refractivity contribution in [1.29, 1.82) is 0 Å². The largest absolute Gasteiger partial charge is 0.442 e. The highest BCUT2D eigenvalue weighted by Crippen LogP contribution is 2.53. The summed E-state index contributed by atoms with van der Waals surface area (Å²) in [5.41, 5.74) is -11.5. The summed E-state index contributed by atoms with van der Waals surface area (Å²) < 4.78 is 88.6. The van der Waals surface area contributed by atoms with Gasteiger partial charge in [0.05, 0.1) is 32.0 Å². The Labute approximate surface area is 227 Å². The summed E-state index contributed by atoms with van der Waals surface area (Å²) in [7, 11) is 0. The molecule has 0 saturated carbocycles. The number of hydrogen-bond donors (Lipinski definition) is 1. The maximum atomic E-state index is 14.1. The highest BCUT2D eigenvalue weighted by atomic mass is 19.4. The highest BCUT2D eigenvalue weighted by molar-refractivity contribution is 6.05. The summed E-state index contributed by atoms with van der Waals surface area (Å²) in [6.07, 6.45) is -12.7. The molecule has 0 aliphatic heterocycles. The maximum absolute atomic E-state index is 14.1. The second kappa shape index (κ2) is 11.1. The van der Waals surface area contributed by atoms with E-state index >= 15 is 0 Å². The topological polar surface area (TPSA) is 185 Å². The van der Waals surface area contributed by atoms with Crippen LogP contribution >= 0.6 is 0 Å². The molecule has 0 aliphatic carbocycles. The van der Waals surface area contributed by atoms with E-state index in [1.807, 2.05) is 5.32 Å². The van der Waals surface area contributed by atoms with Crippen molar-refractivity contribution in [2.75, 3.05) is 5.32 Å². The molecule has 0 radical (unpaired) electrons. The number of halogens is 6.